The zero-order valence-electron chi connectivity index (χ0n) is 12.4. The Balaban J connectivity index is 1.72. The van der Waals surface area contributed by atoms with E-state index in [1.807, 2.05) is 49.7 Å². The number of hydrogen-bond donors (Lipinski definition) is 0. The first-order valence-corrected chi connectivity index (χ1v) is 8.68. The summed E-state index contributed by atoms with van der Waals surface area (Å²) in [5, 5.41) is 2.88. The Bertz CT molecular complexity index is 772. The predicted molar refractivity (Wildman–Crippen MR) is 94.2 cm³/mol. The second-order valence-electron chi connectivity index (χ2n) is 4.99. The van der Waals surface area contributed by atoms with Crippen LogP contribution in [0, 0.1) is 0 Å². The zero-order valence-corrected chi connectivity index (χ0v) is 14.0. The van der Waals surface area contributed by atoms with Crippen molar-refractivity contribution in [1.82, 2.24) is 9.88 Å². The maximum absolute atomic E-state index is 12.3. The highest BCUT2D eigenvalue weighted by molar-refractivity contribution is 7.19. The van der Waals surface area contributed by atoms with E-state index in [2.05, 4.69) is 11.1 Å². The molecule has 1 atom stereocenters. The fourth-order valence-electron chi connectivity index (χ4n) is 2.13. The van der Waals surface area contributed by atoms with Crippen molar-refractivity contribution in [2.75, 3.05) is 7.05 Å². The number of carbonyl (C=O) groups is 1. The number of aromatic nitrogens is 1. The van der Waals surface area contributed by atoms with Gasteiger partial charge in [-0.05, 0) is 36.6 Å². The number of carbonyl (C=O) groups excluding carboxylic acids is 1. The van der Waals surface area contributed by atoms with Crippen LogP contribution >= 0.6 is 22.7 Å². The molecule has 2 aromatic heterocycles. The van der Waals surface area contributed by atoms with E-state index < -0.39 is 0 Å². The smallest absolute Gasteiger partial charge is 0.246 e. The Morgan fingerprint density at radius 3 is 2.82 bits per heavy atom. The van der Waals surface area contributed by atoms with Crippen molar-refractivity contribution >= 4 is 44.9 Å². The molecule has 0 aliphatic heterocycles. The van der Waals surface area contributed by atoms with E-state index in [0.29, 0.717) is 0 Å². The molecule has 2 heterocycles. The molecule has 5 heteroatoms. The third-order valence-corrected chi connectivity index (χ3v) is 5.61. The summed E-state index contributed by atoms with van der Waals surface area (Å²) in [5.74, 6) is -0.0137. The number of fused-ring (bicyclic) bond motifs is 1. The van der Waals surface area contributed by atoms with Crippen molar-refractivity contribution in [1.29, 1.82) is 0 Å². The number of thiophene rings is 1. The van der Waals surface area contributed by atoms with Crippen LogP contribution in [0.5, 0.6) is 0 Å². The van der Waals surface area contributed by atoms with Gasteiger partial charge in [0, 0.05) is 18.0 Å². The lowest BCUT2D eigenvalue weighted by atomic mass is 10.2. The average Bonchev–Trinajstić information content (AvgIpc) is 3.19. The van der Waals surface area contributed by atoms with Gasteiger partial charge in [0.05, 0.1) is 16.3 Å². The molecular formula is C17H16N2OS2. The second kappa shape index (κ2) is 6.42. The van der Waals surface area contributed by atoms with Gasteiger partial charge in [0.15, 0.2) is 0 Å². The van der Waals surface area contributed by atoms with Gasteiger partial charge < -0.3 is 4.90 Å². The van der Waals surface area contributed by atoms with Crippen molar-refractivity contribution < 1.29 is 4.79 Å². The molecule has 1 unspecified atom stereocenters. The second-order valence-corrected chi connectivity index (χ2v) is 7.04. The van der Waals surface area contributed by atoms with E-state index >= 15 is 0 Å². The summed E-state index contributed by atoms with van der Waals surface area (Å²) in [6.07, 6.45) is 3.40. The Morgan fingerprint density at radius 1 is 1.27 bits per heavy atom. The normalized spacial score (nSPS) is 12.8. The van der Waals surface area contributed by atoms with Crippen LogP contribution in [-0.2, 0) is 4.79 Å². The highest BCUT2D eigenvalue weighted by atomic mass is 32.1. The molecule has 0 spiro atoms. The van der Waals surface area contributed by atoms with E-state index in [0.717, 1.165) is 15.2 Å². The van der Waals surface area contributed by atoms with Gasteiger partial charge in [0.1, 0.15) is 5.01 Å². The average molecular weight is 328 g/mol. The van der Waals surface area contributed by atoms with Crippen LogP contribution in [0.2, 0.25) is 0 Å². The maximum atomic E-state index is 12.3. The summed E-state index contributed by atoms with van der Waals surface area (Å²) in [6, 6.07) is 12.1. The molecular weight excluding hydrogens is 312 g/mol. The number of benzene rings is 1. The van der Waals surface area contributed by atoms with Crippen molar-refractivity contribution in [2.45, 2.75) is 13.0 Å². The van der Waals surface area contributed by atoms with Crippen LogP contribution in [0.3, 0.4) is 0 Å². The highest BCUT2D eigenvalue weighted by Gasteiger charge is 2.16. The summed E-state index contributed by atoms with van der Waals surface area (Å²) >= 11 is 3.26. The number of hydrogen-bond acceptors (Lipinski definition) is 4. The molecule has 0 aliphatic rings. The van der Waals surface area contributed by atoms with Gasteiger partial charge in [-0.2, -0.15) is 0 Å². The van der Waals surface area contributed by atoms with Gasteiger partial charge in [-0.25, -0.2) is 4.98 Å². The molecule has 3 rings (SSSR count). The van der Waals surface area contributed by atoms with Crippen LogP contribution < -0.4 is 0 Å². The summed E-state index contributed by atoms with van der Waals surface area (Å²) in [4.78, 5) is 19.7. The summed E-state index contributed by atoms with van der Waals surface area (Å²) in [5.41, 5.74) is 0.972. The summed E-state index contributed by atoms with van der Waals surface area (Å²) in [7, 11) is 1.83. The van der Waals surface area contributed by atoms with Crippen LogP contribution in [-0.4, -0.2) is 22.8 Å². The Kier molecular flexibility index (Phi) is 4.36. The number of amides is 1. The third-order valence-electron chi connectivity index (χ3n) is 3.56. The van der Waals surface area contributed by atoms with Crippen molar-refractivity contribution in [2.24, 2.45) is 0 Å². The molecule has 0 aliphatic carbocycles. The molecule has 0 saturated carbocycles. The van der Waals surface area contributed by atoms with E-state index in [9.17, 15) is 4.79 Å². The van der Waals surface area contributed by atoms with Gasteiger partial charge in [-0.1, -0.05) is 18.2 Å². The lowest BCUT2D eigenvalue weighted by molar-refractivity contribution is -0.126. The Morgan fingerprint density at radius 2 is 2.09 bits per heavy atom. The fraction of sp³-hybridized carbons (Fsp3) is 0.176. The van der Waals surface area contributed by atoms with Gasteiger partial charge >= 0.3 is 0 Å². The molecule has 0 saturated heterocycles. The van der Waals surface area contributed by atoms with E-state index in [1.165, 1.54) is 4.88 Å². The Hall–Kier alpha value is -1.98. The number of likely N-dealkylation sites (N-methyl/N-ethyl adjacent to an activating group) is 1. The number of para-hydroxylation sites is 1. The molecule has 3 nitrogen and oxygen atoms in total. The summed E-state index contributed by atoms with van der Waals surface area (Å²) in [6.45, 7) is 2.04. The van der Waals surface area contributed by atoms with E-state index in [1.54, 1.807) is 39.7 Å². The van der Waals surface area contributed by atoms with Crippen LogP contribution in [0.15, 0.2) is 47.9 Å². The van der Waals surface area contributed by atoms with Gasteiger partial charge in [-0.15, -0.1) is 22.7 Å². The molecule has 0 fully saturated rings. The molecule has 1 amide bonds. The SMILES string of the molecule is CC(c1cccs1)N(C)C(=O)/C=C/c1nc2ccccc2s1. The minimum atomic E-state index is -0.0137. The first-order valence-electron chi connectivity index (χ1n) is 6.99. The minimum absolute atomic E-state index is 0.0137. The molecule has 112 valence electrons. The summed E-state index contributed by atoms with van der Waals surface area (Å²) < 4.78 is 1.13. The van der Waals surface area contributed by atoms with Gasteiger partial charge in [-0.3, -0.25) is 4.79 Å². The molecule has 3 aromatic rings. The minimum Gasteiger partial charge on any atom is -0.335 e. The molecule has 0 bridgehead atoms. The lowest BCUT2D eigenvalue weighted by Gasteiger charge is -2.22. The zero-order chi connectivity index (χ0) is 15.5. The van der Waals surface area contributed by atoms with Gasteiger partial charge in [0.2, 0.25) is 5.91 Å². The molecule has 1 aromatic carbocycles. The third kappa shape index (κ3) is 3.10. The predicted octanol–water partition coefficient (Wildman–Crippen LogP) is 4.59. The van der Waals surface area contributed by atoms with Crippen LogP contribution in [0.25, 0.3) is 16.3 Å². The maximum Gasteiger partial charge on any atom is 0.246 e. The monoisotopic (exact) mass is 328 g/mol. The standard InChI is InChI=1S/C17H16N2OS2/c1-12(14-8-5-11-21-14)19(2)17(20)10-9-16-18-13-6-3-4-7-15(13)22-16/h3-12H,1-2H3/b10-9+. The topological polar surface area (TPSA) is 33.2 Å². The van der Waals surface area contributed by atoms with Crippen molar-refractivity contribution in [3.8, 4) is 0 Å². The van der Waals surface area contributed by atoms with Gasteiger partial charge in [0.25, 0.3) is 0 Å². The van der Waals surface area contributed by atoms with Crippen LogP contribution in [0.1, 0.15) is 22.9 Å². The van der Waals surface area contributed by atoms with Crippen molar-refractivity contribution in [3.05, 3.63) is 57.7 Å². The van der Waals surface area contributed by atoms with E-state index in [-0.39, 0.29) is 11.9 Å². The Labute approximate surface area is 137 Å². The number of rotatable bonds is 4. The number of thiazole rings is 1. The quantitative estimate of drug-likeness (QED) is 0.656. The first kappa shape index (κ1) is 14.9. The lowest BCUT2D eigenvalue weighted by Crippen LogP contribution is -2.27. The largest absolute Gasteiger partial charge is 0.335 e. The fourth-order valence-corrected chi connectivity index (χ4v) is 3.83. The van der Waals surface area contributed by atoms with Crippen LogP contribution in [0.4, 0.5) is 0 Å². The first-order chi connectivity index (χ1) is 10.6. The van der Waals surface area contributed by atoms with Crippen molar-refractivity contribution in [3.63, 3.8) is 0 Å². The van der Waals surface area contributed by atoms with E-state index in [4.69, 9.17) is 0 Å². The molecule has 0 N–H and O–H groups in total. The molecule has 22 heavy (non-hydrogen) atoms. The number of nitrogens with zero attached hydrogens (tertiary/aromatic N) is 2. The molecule has 0 radical (unpaired) electrons. The highest BCUT2D eigenvalue weighted by Crippen LogP contribution is 2.25.